The average molecular weight is 274 g/mol. The number of hydrogen-bond acceptors (Lipinski definition) is 1. The molecule has 0 bridgehead atoms. The Morgan fingerprint density at radius 1 is 1.00 bits per heavy atom. The van der Waals surface area contributed by atoms with E-state index in [1.54, 1.807) is 0 Å². The molecule has 0 spiro atoms. The van der Waals surface area contributed by atoms with Gasteiger partial charge in [-0.05, 0) is 41.8 Å². The Morgan fingerprint density at radius 2 is 1.86 bits per heavy atom. The summed E-state index contributed by atoms with van der Waals surface area (Å²) in [6.45, 7) is 1.06. The molecule has 2 atom stereocenters. The van der Waals surface area contributed by atoms with Crippen molar-refractivity contribution in [2.24, 2.45) is 0 Å². The number of H-pyrrole nitrogens is 1. The van der Waals surface area contributed by atoms with Gasteiger partial charge in [0.05, 0.1) is 0 Å². The molecule has 0 fully saturated rings. The monoisotopic (exact) mass is 274 g/mol. The molecule has 5 rings (SSSR count). The molecular weight excluding hydrogens is 256 g/mol. The summed E-state index contributed by atoms with van der Waals surface area (Å²) in [5, 5.41) is 1.46. The van der Waals surface area contributed by atoms with Gasteiger partial charge in [-0.2, -0.15) is 0 Å². The molecule has 2 aliphatic rings. The molecule has 2 heteroatoms. The zero-order valence-electron chi connectivity index (χ0n) is 12.1. The molecule has 2 heterocycles. The van der Waals surface area contributed by atoms with Gasteiger partial charge >= 0.3 is 0 Å². The van der Waals surface area contributed by atoms with Crippen LogP contribution in [0, 0.1) is 0 Å². The van der Waals surface area contributed by atoms with E-state index in [4.69, 9.17) is 0 Å². The average Bonchev–Trinajstić information content (AvgIpc) is 2.93. The molecule has 104 valence electrons. The van der Waals surface area contributed by atoms with Crippen LogP contribution in [0.15, 0.2) is 48.7 Å². The highest BCUT2D eigenvalue weighted by Gasteiger charge is 2.38. The Bertz CT molecular complexity index is 846. The maximum atomic E-state index is 3.45. The quantitative estimate of drug-likeness (QED) is 0.662. The minimum Gasteiger partial charge on any atom is -0.361 e. The SMILES string of the molecule is CN1Cc2ccccc2[C@@H]2c3cccc4[nH]cc(c34)C[C@@H]21. The van der Waals surface area contributed by atoms with Crippen molar-refractivity contribution in [3.63, 3.8) is 0 Å². The molecule has 0 radical (unpaired) electrons. The van der Waals surface area contributed by atoms with Gasteiger partial charge < -0.3 is 4.98 Å². The van der Waals surface area contributed by atoms with Crippen molar-refractivity contribution in [1.82, 2.24) is 9.88 Å². The summed E-state index contributed by atoms with van der Waals surface area (Å²) in [6, 6.07) is 16.3. The van der Waals surface area contributed by atoms with Gasteiger partial charge in [-0.25, -0.2) is 0 Å². The van der Waals surface area contributed by atoms with Crippen molar-refractivity contribution in [2.45, 2.75) is 24.9 Å². The summed E-state index contributed by atoms with van der Waals surface area (Å²) in [6.07, 6.45) is 3.35. The molecule has 1 aromatic heterocycles. The second-order valence-electron chi connectivity index (χ2n) is 6.45. The number of rotatable bonds is 0. The van der Waals surface area contributed by atoms with Gasteiger partial charge in [0, 0.05) is 35.6 Å². The fourth-order valence-corrected chi connectivity index (χ4v) is 4.41. The number of benzene rings is 2. The van der Waals surface area contributed by atoms with Crippen LogP contribution in [0.3, 0.4) is 0 Å². The minimum absolute atomic E-state index is 0.506. The number of fused-ring (bicyclic) bond motifs is 4. The Morgan fingerprint density at radius 3 is 2.81 bits per heavy atom. The smallest absolute Gasteiger partial charge is 0.0459 e. The minimum atomic E-state index is 0.506. The van der Waals surface area contributed by atoms with Gasteiger partial charge in [-0.3, -0.25) is 4.90 Å². The molecule has 2 nitrogen and oxygen atoms in total. The van der Waals surface area contributed by atoms with Crippen LogP contribution < -0.4 is 0 Å². The molecule has 1 aliphatic heterocycles. The highest BCUT2D eigenvalue weighted by molar-refractivity contribution is 5.89. The molecule has 21 heavy (non-hydrogen) atoms. The Balaban J connectivity index is 1.84. The molecule has 0 saturated carbocycles. The lowest BCUT2D eigenvalue weighted by Crippen LogP contribution is -2.44. The normalized spacial score (nSPS) is 23.9. The molecule has 1 aliphatic carbocycles. The van der Waals surface area contributed by atoms with Crippen LogP contribution in [0.4, 0.5) is 0 Å². The zero-order chi connectivity index (χ0) is 14.0. The van der Waals surface area contributed by atoms with E-state index in [1.807, 2.05) is 0 Å². The number of aromatic nitrogens is 1. The molecule has 2 aromatic carbocycles. The van der Waals surface area contributed by atoms with E-state index in [1.165, 1.54) is 33.2 Å². The van der Waals surface area contributed by atoms with E-state index < -0.39 is 0 Å². The van der Waals surface area contributed by atoms with Gasteiger partial charge in [-0.1, -0.05) is 36.4 Å². The summed E-state index contributed by atoms with van der Waals surface area (Å²) in [5.41, 5.74) is 7.27. The predicted octanol–water partition coefficient (Wildman–Crippen LogP) is 3.67. The number of hydrogen-bond donors (Lipinski definition) is 1. The first-order valence-electron chi connectivity index (χ1n) is 7.70. The number of nitrogens with one attached hydrogen (secondary N) is 1. The molecule has 0 unspecified atom stereocenters. The van der Waals surface area contributed by atoms with E-state index >= 15 is 0 Å². The van der Waals surface area contributed by atoms with Gasteiger partial charge in [0.2, 0.25) is 0 Å². The van der Waals surface area contributed by atoms with E-state index in [2.05, 4.69) is 65.6 Å². The van der Waals surface area contributed by atoms with Crippen LogP contribution in [0.2, 0.25) is 0 Å². The summed E-state index contributed by atoms with van der Waals surface area (Å²) in [5.74, 6) is 0.506. The first-order valence-corrected chi connectivity index (χ1v) is 7.70. The Labute approximate surface area is 124 Å². The van der Waals surface area contributed by atoms with E-state index in [0.29, 0.717) is 12.0 Å². The number of aromatic amines is 1. The fraction of sp³-hybridized carbons (Fsp3) is 0.263. The van der Waals surface area contributed by atoms with E-state index in [0.717, 1.165) is 13.0 Å². The highest BCUT2D eigenvalue weighted by atomic mass is 15.1. The second-order valence-corrected chi connectivity index (χ2v) is 6.45. The highest BCUT2D eigenvalue weighted by Crippen LogP contribution is 2.45. The molecule has 0 saturated heterocycles. The van der Waals surface area contributed by atoms with Crippen LogP contribution in [-0.2, 0) is 13.0 Å². The summed E-state index contributed by atoms with van der Waals surface area (Å²) in [4.78, 5) is 5.98. The third-order valence-corrected chi connectivity index (χ3v) is 5.34. The standard InChI is InChI=1S/C19H18N2/c1-21-11-12-5-2-3-6-14(12)19-15-7-4-8-16-18(15)13(10-20-16)9-17(19)21/h2-8,10,17,19-20H,9,11H2,1H3/t17-,19+/m0/s1. The van der Waals surface area contributed by atoms with Gasteiger partial charge in [-0.15, -0.1) is 0 Å². The first kappa shape index (κ1) is 11.6. The molecular formula is C19H18N2. The van der Waals surface area contributed by atoms with Crippen molar-refractivity contribution in [3.8, 4) is 0 Å². The van der Waals surface area contributed by atoms with Gasteiger partial charge in [0.25, 0.3) is 0 Å². The van der Waals surface area contributed by atoms with Crippen molar-refractivity contribution in [1.29, 1.82) is 0 Å². The van der Waals surface area contributed by atoms with Crippen molar-refractivity contribution < 1.29 is 0 Å². The third kappa shape index (κ3) is 1.46. The summed E-state index contributed by atoms with van der Waals surface area (Å²) in [7, 11) is 2.27. The summed E-state index contributed by atoms with van der Waals surface area (Å²) < 4.78 is 0. The van der Waals surface area contributed by atoms with Gasteiger partial charge in [0.1, 0.15) is 0 Å². The zero-order valence-corrected chi connectivity index (χ0v) is 12.1. The van der Waals surface area contributed by atoms with Crippen LogP contribution in [0.1, 0.15) is 28.2 Å². The third-order valence-electron chi connectivity index (χ3n) is 5.34. The lowest BCUT2D eigenvalue weighted by molar-refractivity contribution is 0.193. The molecule has 1 N–H and O–H groups in total. The Kier molecular flexibility index (Phi) is 2.20. The van der Waals surface area contributed by atoms with Crippen molar-refractivity contribution in [3.05, 3.63) is 70.9 Å². The largest absolute Gasteiger partial charge is 0.361 e. The van der Waals surface area contributed by atoms with E-state index in [9.17, 15) is 0 Å². The van der Waals surface area contributed by atoms with Crippen molar-refractivity contribution >= 4 is 10.9 Å². The Hall–Kier alpha value is -2.06. The predicted molar refractivity (Wildman–Crippen MR) is 85.5 cm³/mol. The number of nitrogens with zero attached hydrogens (tertiary/aromatic N) is 1. The van der Waals surface area contributed by atoms with Crippen LogP contribution in [0.5, 0.6) is 0 Å². The molecule has 3 aromatic rings. The first-order chi connectivity index (χ1) is 10.3. The lowest BCUT2D eigenvalue weighted by Gasteiger charge is -2.43. The maximum absolute atomic E-state index is 3.45. The van der Waals surface area contributed by atoms with Crippen LogP contribution >= 0.6 is 0 Å². The van der Waals surface area contributed by atoms with Gasteiger partial charge in [0.15, 0.2) is 0 Å². The number of likely N-dealkylation sites (N-methyl/N-ethyl adjacent to an activating group) is 1. The van der Waals surface area contributed by atoms with Crippen LogP contribution in [0.25, 0.3) is 10.9 Å². The summed E-state index contributed by atoms with van der Waals surface area (Å²) >= 11 is 0. The van der Waals surface area contributed by atoms with E-state index in [-0.39, 0.29) is 0 Å². The topological polar surface area (TPSA) is 19.0 Å². The van der Waals surface area contributed by atoms with Crippen molar-refractivity contribution in [2.75, 3.05) is 7.05 Å². The lowest BCUT2D eigenvalue weighted by atomic mass is 9.72. The van der Waals surface area contributed by atoms with Crippen LogP contribution in [-0.4, -0.2) is 23.0 Å². The molecule has 0 amide bonds. The fourth-order valence-electron chi connectivity index (χ4n) is 4.41. The second kappa shape index (κ2) is 3.99. The maximum Gasteiger partial charge on any atom is 0.0459 e.